The molecule has 4 aromatic rings. The van der Waals surface area contributed by atoms with Gasteiger partial charge in [0.2, 0.25) is 11.8 Å². The lowest BCUT2D eigenvalue weighted by molar-refractivity contribution is -0.139. The number of amides is 2. The van der Waals surface area contributed by atoms with E-state index in [1.54, 1.807) is 42.5 Å². The highest BCUT2D eigenvalue weighted by Crippen LogP contribution is 2.33. The standard InChI is InChI=1S/C35H37Cl2N3O7S/c1-5-47-26-16-14-25(15-17-26)40(48(43,44)27-18-19-32(45-3)33(21-27)46-4)23-34(41)39(22-28-29(36)12-9-13-30(28)37)31(35(42)38-2)20-24-10-7-6-8-11-24/h6-19,21,31H,5,20,22-23H2,1-4H3,(H,38,42)/t31-/m1/s1. The van der Waals surface area contributed by atoms with E-state index in [-0.39, 0.29) is 39.3 Å². The van der Waals surface area contributed by atoms with Crippen LogP contribution in [0.3, 0.4) is 0 Å². The van der Waals surface area contributed by atoms with Crippen molar-refractivity contribution in [2.45, 2.75) is 30.8 Å². The number of sulfonamides is 1. The van der Waals surface area contributed by atoms with Crippen LogP contribution in [0.25, 0.3) is 0 Å². The second kappa shape index (κ2) is 16.6. The fourth-order valence-electron chi connectivity index (χ4n) is 5.08. The predicted molar refractivity (Wildman–Crippen MR) is 187 cm³/mol. The third-order valence-corrected chi connectivity index (χ3v) is 10.0. The molecule has 0 heterocycles. The average molecular weight is 715 g/mol. The van der Waals surface area contributed by atoms with Gasteiger partial charge in [-0.25, -0.2) is 8.42 Å². The maximum absolute atomic E-state index is 14.6. The van der Waals surface area contributed by atoms with E-state index in [0.717, 1.165) is 9.87 Å². The molecule has 0 aliphatic heterocycles. The maximum Gasteiger partial charge on any atom is 0.264 e. The largest absolute Gasteiger partial charge is 0.494 e. The van der Waals surface area contributed by atoms with Crippen molar-refractivity contribution in [2.75, 3.05) is 38.7 Å². The van der Waals surface area contributed by atoms with Crippen molar-refractivity contribution < 1.29 is 32.2 Å². The molecular weight excluding hydrogens is 677 g/mol. The maximum atomic E-state index is 14.6. The lowest BCUT2D eigenvalue weighted by Crippen LogP contribution is -2.53. The van der Waals surface area contributed by atoms with E-state index < -0.39 is 34.4 Å². The van der Waals surface area contributed by atoms with Crippen molar-refractivity contribution in [1.82, 2.24) is 10.2 Å². The highest BCUT2D eigenvalue weighted by atomic mass is 35.5. The minimum atomic E-state index is -4.41. The van der Waals surface area contributed by atoms with Crippen LogP contribution < -0.4 is 23.8 Å². The summed E-state index contributed by atoms with van der Waals surface area (Å²) in [5.41, 5.74) is 1.39. The van der Waals surface area contributed by atoms with Crippen LogP contribution in [0.1, 0.15) is 18.1 Å². The molecule has 0 aliphatic rings. The van der Waals surface area contributed by atoms with Crippen LogP contribution in [-0.4, -0.2) is 65.6 Å². The summed E-state index contributed by atoms with van der Waals surface area (Å²) in [5.74, 6) is -0.0842. The van der Waals surface area contributed by atoms with Gasteiger partial charge < -0.3 is 24.4 Å². The molecule has 0 fully saturated rings. The van der Waals surface area contributed by atoms with E-state index in [0.29, 0.717) is 23.7 Å². The molecule has 0 radical (unpaired) electrons. The second-order valence-electron chi connectivity index (χ2n) is 10.5. The lowest BCUT2D eigenvalue weighted by Gasteiger charge is -2.34. The molecule has 0 spiro atoms. The van der Waals surface area contributed by atoms with Crippen molar-refractivity contribution in [3.8, 4) is 17.2 Å². The van der Waals surface area contributed by atoms with Gasteiger partial charge in [0, 0.05) is 41.7 Å². The molecule has 0 unspecified atom stereocenters. The Morgan fingerprint density at radius 1 is 0.854 bits per heavy atom. The van der Waals surface area contributed by atoms with Gasteiger partial charge in [-0.15, -0.1) is 0 Å². The molecule has 10 nitrogen and oxygen atoms in total. The molecule has 1 N–H and O–H groups in total. The number of ether oxygens (including phenoxy) is 3. The van der Waals surface area contributed by atoms with Crippen molar-refractivity contribution >= 4 is 50.7 Å². The fourth-order valence-corrected chi connectivity index (χ4v) is 7.03. The normalized spacial score (nSPS) is 11.7. The van der Waals surface area contributed by atoms with Gasteiger partial charge in [0.05, 0.1) is 31.4 Å². The minimum Gasteiger partial charge on any atom is -0.494 e. The van der Waals surface area contributed by atoms with Gasteiger partial charge in [-0.05, 0) is 61.0 Å². The zero-order valence-corrected chi connectivity index (χ0v) is 29.3. The van der Waals surface area contributed by atoms with Gasteiger partial charge in [0.25, 0.3) is 10.0 Å². The number of carbonyl (C=O) groups excluding carboxylic acids is 2. The molecule has 4 rings (SSSR count). The molecule has 4 aromatic carbocycles. The van der Waals surface area contributed by atoms with Crippen LogP contribution in [0, 0.1) is 0 Å². The highest BCUT2D eigenvalue weighted by Gasteiger charge is 2.35. The predicted octanol–water partition coefficient (Wildman–Crippen LogP) is 5.99. The molecule has 0 saturated carbocycles. The van der Waals surface area contributed by atoms with Gasteiger partial charge in [-0.1, -0.05) is 59.6 Å². The molecule has 0 bridgehead atoms. The molecule has 254 valence electrons. The number of rotatable bonds is 15. The number of nitrogens with one attached hydrogen (secondary N) is 1. The Morgan fingerprint density at radius 3 is 2.08 bits per heavy atom. The van der Waals surface area contributed by atoms with E-state index in [2.05, 4.69) is 5.32 Å². The van der Waals surface area contributed by atoms with Gasteiger partial charge in [-0.3, -0.25) is 13.9 Å². The van der Waals surface area contributed by atoms with E-state index in [4.69, 9.17) is 37.4 Å². The van der Waals surface area contributed by atoms with Crippen LogP contribution >= 0.6 is 23.2 Å². The van der Waals surface area contributed by atoms with Crippen LogP contribution in [-0.2, 0) is 32.6 Å². The summed E-state index contributed by atoms with van der Waals surface area (Å²) in [6, 6.07) is 23.6. The number of benzene rings is 4. The smallest absolute Gasteiger partial charge is 0.264 e. The number of nitrogens with zero attached hydrogens (tertiary/aromatic N) is 2. The number of hydrogen-bond acceptors (Lipinski definition) is 7. The Bertz CT molecular complexity index is 1800. The topological polar surface area (TPSA) is 114 Å². The summed E-state index contributed by atoms with van der Waals surface area (Å²) in [7, 11) is -0.103. The summed E-state index contributed by atoms with van der Waals surface area (Å²) in [6.45, 7) is 1.40. The van der Waals surface area contributed by atoms with E-state index >= 15 is 0 Å². The summed E-state index contributed by atoms with van der Waals surface area (Å²) < 4.78 is 46.0. The molecular formula is C35H37Cl2N3O7S. The van der Waals surface area contributed by atoms with Gasteiger partial charge >= 0.3 is 0 Å². The Morgan fingerprint density at radius 2 is 1.50 bits per heavy atom. The summed E-state index contributed by atoms with van der Waals surface area (Å²) in [6.07, 6.45) is 0.139. The van der Waals surface area contributed by atoms with Crippen LogP contribution in [0.2, 0.25) is 10.0 Å². The number of likely N-dealkylation sites (N-methyl/N-ethyl adjacent to an activating group) is 1. The molecule has 0 saturated heterocycles. The van der Waals surface area contributed by atoms with E-state index in [9.17, 15) is 18.0 Å². The molecule has 48 heavy (non-hydrogen) atoms. The van der Waals surface area contributed by atoms with Gasteiger partial charge in [-0.2, -0.15) is 0 Å². The van der Waals surface area contributed by atoms with Crippen LogP contribution in [0.15, 0.2) is 95.9 Å². The number of halogens is 2. The van der Waals surface area contributed by atoms with Gasteiger partial charge in [0.15, 0.2) is 11.5 Å². The average Bonchev–Trinajstić information content (AvgIpc) is 3.10. The Kier molecular flexibility index (Phi) is 12.6. The van der Waals surface area contributed by atoms with E-state index in [1.807, 2.05) is 37.3 Å². The summed E-state index contributed by atoms with van der Waals surface area (Å²) in [4.78, 5) is 29.2. The molecule has 2 amide bonds. The van der Waals surface area contributed by atoms with Crippen LogP contribution in [0.5, 0.6) is 17.2 Å². The zero-order chi connectivity index (χ0) is 34.8. The SMILES string of the molecule is CCOc1ccc(N(CC(=O)N(Cc2c(Cl)cccc2Cl)[C@H](Cc2ccccc2)C(=O)NC)S(=O)(=O)c2ccc(OC)c(OC)c2)cc1. The number of methoxy groups -OCH3 is 2. The summed E-state index contributed by atoms with van der Waals surface area (Å²) in [5, 5.41) is 3.23. The second-order valence-corrected chi connectivity index (χ2v) is 13.2. The highest BCUT2D eigenvalue weighted by molar-refractivity contribution is 7.92. The molecule has 0 aromatic heterocycles. The summed E-state index contributed by atoms with van der Waals surface area (Å²) >= 11 is 13.1. The van der Waals surface area contributed by atoms with Crippen molar-refractivity contribution in [2.24, 2.45) is 0 Å². The van der Waals surface area contributed by atoms with Crippen LogP contribution in [0.4, 0.5) is 5.69 Å². The molecule has 13 heteroatoms. The van der Waals surface area contributed by atoms with E-state index in [1.165, 1.54) is 44.4 Å². The third-order valence-electron chi connectivity index (χ3n) is 7.57. The van der Waals surface area contributed by atoms with Crippen molar-refractivity contribution in [1.29, 1.82) is 0 Å². The first kappa shape index (κ1) is 36.4. The zero-order valence-electron chi connectivity index (χ0n) is 27.0. The number of carbonyl (C=O) groups is 2. The minimum absolute atomic E-state index is 0.139. The number of hydrogen-bond donors (Lipinski definition) is 1. The molecule has 1 atom stereocenters. The lowest BCUT2D eigenvalue weighted by atomic mass is 10.0. The first-order valence-corrected chi connectivity index (χ1v) is 17.2. The number of anilines is 1. The first-order chi connectivity index (χ1) is 23.0. The quantitative estimate of drug-likeness (QED) is 0.161. The fraction of sp³-hybridized carbons (Fsp3) is 0.257. The molecule has 0 aliphatic carbocycles. The van der Waals surface area contributed by atoms with Crippen molar-refractivity contribution in [3.63, 3.8) is 0 Å². The van der Waals surface area contributed by atoms with Gasteiger partial charge in [0.1, 0.15) is 18.3 Å². The Hall–Kier alpha value is -4.45. The monoisotopic (exact) mass is 713 g/mol. The first-order valence-electron chi connectivity index (χ1n) is 15.0. The third kappa shape index (κ3) is 8.52. The Balaban J connectivity index is 1.84. The van der Waals surface area contributed by atoms with Crippen molar-refractivity contribution in [3.05, 3.63) is 112 Å². The Labute approximate surface area is 291 Å².